The number of fused-ring (bicyclic) bond motifs is 3. The maximum atomic E-state index is 12.4. The molecule has 0 saturated carbocycles. The highest BCUT2D eigenvalue weighted by Gasteiger charge is 2.37. The minimum absolute atomic E-state index is 0.0494. The Hall–Kier alpha value is -4.75. The molecule has 6 heteroatoms. The molecule has 0 fully saturated rings. The van der Waals surface area contributed by atoms with Crippen molar-refractivity contribution in [1.82, 2.24) is 5.32 Å². The van der Waals surface area contributed by atoms with Gasteiger partial charge in [0.1, 0.15) is 12.2 Å². The Labute approximate surface area is 277 Å². The van der Waals surface area contributed by atoms with Gasteiger partial charge in [-0.3, -0.25) is 0 Å². The third-order valence-corrected chi connectivity index (χ3v) is 8.54. The van der Waals surface area contributed by atoms with E-state index in [0.717, 1.165) is 16.7 Å². The first-order valence-corrected chi connectivity index (χ1v) is 16.3. The van der Waals surface area contributed by atoms with Gasteiger partial charge in [-0.25, -0.2) is 4.79 Å². The maximum Gasteiger partial charge on any atom is 0.407 e. The van der Waals surface area contributed by atoms with Crippen LogP contribution in [0.25, 0.3) is 11.1 Å². The van der Waals surface area contributed by atoms with E-state index in [4.69, 9.17) is 18.9 Å². The first-order chi connectivity index (χ1) is 23.3. The summed E-state index contributed by atoms with van der Waals surface area (Å²) in [7, 11) is 0. The van der Waals surface area contributed by atoms with Crippen molar-refractivity contribution < 1.29 is 23.7 Å². The van der Waals surface area contributed by atoms with Crippen LogP contribution >= 0.6 is 0 Å². The van der Waals surface area contributed by atoms with Gasteiger partial charge in [0, 0.05) is 19.1 Å². The lowest BCUT2D eigenvalue weighted by atomic mass is 9.80. The molecule has 0 spiro atoms. The van der Waals surface area contributed by atoms with Gasteiger partial charge in [-0.2, -0.15) is 0 Å². The normalized spacial score (nSPS) is 12.3. The highest BCUT2D eigenvalue weighted by Crippen LogP contribution is 2.44. The second kappa shape index (κ2) is 16.2. The summed E-state index contributed by atoms with van der Waals surface area (Å²) in [4.78, 5) is 12.4. The number of ether oxygens (including phenoxy) is 4. The van der Waals surface area contributed by atoms with Crippen LogP contribution in [0, 0.1) is 0 Å². The molecule has 47 heavy (non-hydrogen) atoms. The molecule has 240 valence electrons. The van der Waals surface area contributed by atoms with E-state index in [1.165, 1.54) is 22.3 Å². The van der Waals surface area contributed by atoms with Gasteiger partial charge < -0.3 is 24.3 Å². The Balaban J connectivity index is 0.892. The Morgan fingerprint density at radius 3 is 1.53 bits per heavy atom. The van der Waals surface area contributed by atoms with E-state index in [2.05, 4.69) is 66.0 Å². The zero-order chi connectivity index (χ0) is 32.2. The second-order valence-electron chi connectivity index (χ2n) is 11.5. The predicted molar refractivity (Wildman–Crippen MR) is 184 cm³/mol. The Morgan fingerprint density at radius 2 is 1.00 bits per heavy atom. The third kappa shape index (κ3) is 7.63. The number of hydrogen-bond acceptors (Lipinski definition) is 5. The molecular formula is C41H41NO5. The lowest BCUT2D eigenvalue weighted by Gasteiger charge is -2.36. The molecule has 0 aromatic heterocycles. The summed E-state index contributed by atoms with van der Waals surface area (Å²) in [6.45, 7) is 3.06. The predicted octanol–water partition coefficient (Wildman–Crippen LogP) is 7.96. The molecule has 0 unspecified atom stereocenters. The van der Waals surface area contributed by atoms with Crippen LogP contribution in [0.4, 0.5) is 4.79 Å². The lowest BCUT2D eigenvalue weighted by Crippen LogP contribution is -2.34. The first-order valence-electron chi connectivity index (χ1n) is 16.3. The van der Waals surface area contributed by atoms with Crippen molar-refractivity contribution in [3.8, 4) is 11.1 Å². The number of nitrogens with one attached hydrogen (secondary N) is 1. The molecule has 1 N–H and O–H groups in total. The molecule has 1 aliphatic rings. The zero-order valence-corrected chi connectivity index (χ0v) is 26.6. The quantitative estimate of drug-likeness (QED) is 0.0889. The Bertz CT molecular complexity index is 1550. The summed E-state index contributed by atoms with van der Waals surface area (Å²) >= 11 is 0. The van der Waals surface area contributed by atoms with Gasteiger partial charge in [-0.15, -0.1) is 0 Å². The van der Waals surface area contributed by atoms with Crippen LogP contribution in [0.15, 0.2) is 140 Å². The number of hydrogen-bond donors (Lipinski definition) is 1. The molecule has 0 radical (unpaired) electrons. The fraction of sp³-hybridized carbons (Fsp3) is 0.244. The van der Waals surface area contributed by atoms with E-state index < -0.39 is 11.7 Å². The van der Waals surface area contributed by atoms with Crippen molar-refractivity contribution in [1.29, 1.82) is 0 Å². The number of carbonyl (C=O) groups excluding carboxylic acids is 1. The molecule has 0 bridgehead atoms. The summed E-state index contributed by atoms with van der Waals surface area (Å²) in [5.74, 6) is 0.0494. The summed E-state index contributed by atoms with van der Waals surface area (Å²) < 4.78 is 24.0. The summed E-state index contributed by atoms with van der Waals surface area (Å²) in [5, 5.41) is 2.84. The number of carbonyl (C=O) groups is 1. The van der Waals surface area contributed by atoms with E-state index in [9.17, 15) is 4.79 Å². The molecule has 5 aromatic rings. The molecule has 1 aliphatic carbocycles. The molecule has 6 rings (SSSR count). The molecule has 0 aliphatic heterocycles. The highest BCUT2D eigenvalue weighted by atomic mass is 16.6. The largest absolute Gasteiger partial charge is 0.449 e. The average molecular weight is 628 g/mol. The van der Waals surface area contributed by atoms with Crippen molar-refractivity contribution in [2.45, 2.75) is 17.9 Å². The van der Waals surface area contributed by atoms with Crippen molar-refractivity contribution >= 4 is 6.09 Å². The molecule has 5 aromatic carbocycles. The number of alkyl carbamates (subject to hydrolysis) is 1. The smallest absolute Gasteiger partial charge is 0.407 e. The standard InChI is InChI=1S/C41H41NO5/c43-40(46-31-39-37-23-12-10-21-35(37)36-22-11-13-24-38(36)39)42-25-14-26-44-27-28-45-29-30-47-41(32-15-4-1-5-16-32,33-17-6-2-7-18-33)34-19-8-3-9-20-34/h1-13,15-24,39H,14,25-31H2,(H,42,43). The van der Waals surface area contributed by atoms with Gasteiger partial charge in [0.05, 0.1) is 26.4 Å². The Kier molecular flexibility index (Phi) is 11.1. The van der Waals surface area contributed by atoms with Crippen LogP contribution in [0.5, 0.6) is 0 Å². The van der Waals surface area contributed by atoms with Crippen molar-refractivity contribution in [3.05, 3.63) is 167 Å². The number of amides is 1. The lowest BCUT2D eigenvalue weighted by molar-refractivity contribution is -0.0333. The van der Waals surface area contributed by atoms with Crippen molar-refractivity contribution in [2.75, 3.05) is 46.2 Å². The SMILES string of the molecule is O=C(NCCCOCCOCCOC(c1ccccc1)(c1ccccc1)c1ccccc1)OCC1c2ccccc2-c2ccccc21. The van der Waals surface area contributed by atoms with E-state index in [0.29, 0.717) is 52.6 Å². The highest BCUT2D eigenvalue weighted by molar-refractivity contribution is 5.79. The van der Waals surface area contributed by atoms with Crippen LogP contribution in [0.3, 0.4) is 0 Å². The van der Waals surface area contributed by atoms with Crippen LogP contribution in [-0.4, -0.2) is 52.3 Å². The third-order valence-electron chi connectivity index (χ3n) is 8.54. The molecular weight excluding hydrogens is 586 g/mol. The van der Waals surface area contributed by atoms with Gasteiger partial charge in [0.15, 0.2) is 0 Å². The van der Waals surface area contributed by atoms with Crippen molar-refractivity contribution in [3.63, 3.8) is 0 Å². The first kappa shape index (κ1) is 32.2. The van der Waals surface area contributed by atoms with Gasteiger partial charge in [0.25, 0.3) is 0 Å². The average Bonchev–Trinajstić information content (AvgIpc) is 3.46. The fourth-order valence-corrected chi connectivity index (χ4v) is 6.36. The van der Waals surface area contributed by atoms with Crippen LogP contribution < -0.4 is 5.32 Å². The van der Waals surface area contributed by atoms with E-state index in [1.807, 2.05) is 78.9 Å². The number of rotatable bonds is 16. The number of benzene rings is 5. The van der Waals surface area contributed by atoms with Crippen LogP contribution in [0.1, 0.15) is 40.2 Å². The van der Waals surface area contributed by atoms with Gasteiger partial charge in [-0.05, 0) is 45.4 Å². The summed E-state index contributed by atoms with van der Waals surface area (Å²) in [5.41, 5.74) is 7.26. The molecule has 6 nitrogen and oxygen atoms in total. The molecule has 1 amide bonds. The minimum atomic E-state index is -0.760. The molecule has 0 heterocycles. The monoisotopic (exact) mass is 627 g/mol. The van der Waals surface area contributed by atoms with Crippen LogP contribution in [-0.2, 0) is 24.5 Å². The van der Waals surface area contributed by atoms with E-state index in [1.54, 1.807) is 0 Å². The molecule has 0 saturated heterocycles. The zero-order valence-electron chi connectivity index (χ0n) is 26.6. The maximum absolute atomic E-state index is 12.4. The fourth-order valence-electron chi connectivity index (χ4n) is 6.36. The minimum Gasteiger partial charge on any atom is -0.449 e. The molecule has 0 atom stereocenters. The summed E-state index contributed by atoms with van der Waals surface area (Å²) in [6.07, 6.45) is 0.272. The second-order valence-corrected chi connectivity index (χ2v) is 11.5. The topological polar surface area (TPSA) is 66.0 Å². The summed E-state index contributed by atoms with van der Waals surface area (Å²) in [6, 6.07) is 47.6. The van der Waals surface area contributed by atoms with Gasteiger partial charge >= 0.3 is 6.09 Å². The van der Waals surface area contributed by atoms with E-state index in [-0.39, 0.29) is 5.92 Å². The Morgan fingerprint density at radius 1 is 0.553 bits per heavy atom. The van der Waals surface area contributed by atoms with Gasteiger partial charge in [0.2, 0.25) is 0 Å². The van der Waals surface area contributed by atoms with Crippen molar-refractivity contribution in [2.24, 2.45) is 0 Å². The van der Waals surface area contributed by atoms with E-state index >= 15 is 0 Å². The van der Waals surface area contributed by atoms with Crippen LogP contribution in [0.2, 0.25) is 0 Å². The van der Waals surface area contributed by atoms with Gasteiger partial charge in [-0.1, -0.05) is 140 Å².